The number of likely N-dealkylation sites (tertiary alicyclic amines) is 1. The molecule has 0 atom stereocenters. The van der Waals surface area contributed by atoms with Gasteiger partial charge >= 0.3 is 6.03 Å². The van der Waals surface area contributed by atoms with Crippen molar-refractivity contribution in [3.05, 3.63) is 41.9 Å². The lowest BCUT2D eigenvalue weighted by atomic mass is 9.94. The Hall–Kier alpha value is -2.57. The van der Waals surface area contributed by atoms with Crippen LogP contribution < -0.4 is 10.1 Å². The molecule has 7 nitrogen and oxygen atoms in total. The maximum absolute atomic E-state index is 12.2. The zero-order chi connectivity index (χ0) is 16.1. The number of pyridine rings is 1. The van der Waals surface area contributed by atoms with E-state index >= 15 is 0 Å². The molecule has 1 saturated heterocycles. The number of carbonyl (C=O) groups is 1. The van der Waals surface area contributed by atoms with E-state index in [2.05, 4.69) is 15.5 Å². The summed E-state index contributed by atoms with van der Waals surface area (Å²) in [6.45, 7) is 1.89. The van der Waals surface area contributed by atoms with E-state index < -0.39 is 0 Å². The number of methoxy groups -OCH3 is 1. The molecule has 122 valence electrons. The van der Waals surface area contributed by atoms with Crippen molar-refractivity contribution in [1.82, 2.24) is 20.4 Å². The lowest BCUT2D eigenvalue weighted by Gasteiger charge is -2.30. The lowest BCUT2D eigenvalue weighted by Crippen LogP contribution is -2.43. The molecule has 7 heteroatoms. The normalized spacial score (nSPS) is 15.4. The van der Waals surface area contributed by atoms with Crippen LogP contribution in [0.1, 0.15) is 30.1 Å². The summed E-state index contributed by atoms with van der Waals surface area (Å²) in [5.74, 6) is 1.61. The predicted octanol–water partition coefficient (Wildman–Crippen LogP) is 2.17. The molecule has 0 unspecified atom stereocenters. The molecule has 2 aromatic rings. The van der Waals surface area contributed by atoms with Crippen LogP contribution >= 0.6 is 0 Å². The van der Waals surface area contributed by atoms with Crippen molar-refractivity contribution in [3.63, 3.8) is 0 Å². The van der Waals surface area contributed by atoms with Gasteiger partial charge in [-0.25, -0.2) is 4.79 Å². The summed E-state index contributed by atoms with van der Waals surface area (Å²) in [5.41, 5.74) is 0.990. The third-order valence-electron chi connectivity index (χ3n) is 4.07. The first kappa shape index (κ1) is 15.3. The summed E-state index contributed by atoms with van der Waals surface area (Å²) < 4.78 is 10.3. The van der Waals surface area contributed by atoms with Crippen molar-refractivity contribution in [1.29, 1.82) is 0 Å². The van der Waals surface area contributed by atoms with E-state index in [1.165, 1.54) is 0 Å². The summed E-state index contributed by atoms with van der Waals surface area (Å²) in [7, 11) is 1.57. The van der Waals surface area contributed by atoms with Crippen LogP contribution in [0.3, 0.4) is 0 Å². The van der Waals surface area contributed by atoms with Gasteiger partial charge in [0.15, 0.2) is 0 Å². The summed E-state index contributed by atoms with van der Waals surface area (Å²) in [6.07, 6.45) is 5.19. The molecule has 0 bridgehead atoms. The highest BCUT2D eigenvalue weighted by atomic mass is 16.5. The number of nitrogens with one attached hydrogen (secondary N) is 1. The van der Waals surface area contributed by atoms with Crippen molar-refractivity contribution < 1.29 is 14.1 Å². The molecule has 1 N–H and O–H groups in total. The molecule has 3 rings (SSSR count). The molecule has 0 saturated carbocycles. The van der Waals surface area contributed by atoms with E-state index in [9.17, 15) is 4.79 Å². The molecule has 0 spiro atoms. The second-order valence-corrected chi connectivity index (χ2v) is 5.55. The van der Waals surface area contributed by atoms with E-state index in [1.807, 2.05) is 23.1 Å². The summed E-state index contributed by atoms with van der Waals surface area (Å²) in [6, 6.07) is 5.58. The van der Waals surface area contributed by atoms with Crippen LogP contribution in [0.5, 0.6) is 5.88 Å². The van der Waals surface area contributed by atoms with Crippen molar-refractivity contribution in [2.24, 2.45) is 0 Å². The van der Waals surface area contributed by atoms with Gasteiger partial charge in [-0.05, 0) is 29.6 Å². The van der Waals surface area contributed by atoms with Crippen molar-refractivity contribution >= 4 is 6.03 Å². The molecule has 23 heavy (non-hydrogen) atoms. The van der Waals surface area contributed by atoms with Gasteiger partial charge in [0.1, 0.15) is 5.76 Å². The monoisotopic (exact) mass is 316 g/mol. The summed E-state index contributed by atoms with van der Waals surface area (Å²) in [4.78, 5) is 18.1. The van der Waals surface area contributed by atoms with Crippen LogP contribution in [-0.4, -0.2) is 41.3 Å². The molecule has 2 amide bonds. The number of urea groups is 1. The van der Waals surface area contributed by atoms with Crippen LogP contribution in [0.4, 0.5) is 4.79 Å². The summed E-state index contributed by atoms with van der Waals surface area (Å²) >= 11 is 0. The summed E-state index contributed by atoms with van der Waals surface area (Å²) in [5, 5.41) is 6.76. The number of rotatable bonds is 4. The number of carbonyl (C=O) groups excluding carboxylic acids is 1. The number of hydrogen-bond acceptors (Lipinski definition) is 5. The first-order chi connectivity index (χ1) is 11.3. The first-order valence-corrected chi connectivity index (χ1v) is 7.68. The fraction of sp³-hybridized carbons (Fsp3) is 0.438. The Balaban J connectivity index is 1.47. The number of aromatic nitrogens is 2. The third kappa shape index (κ3) is 3.80. The quantitative estimate of drug-likeness (QED) is 0.935. The molecular weight excluding hydrogens is 296 g/mol. The van der Waals surface area contributed by atoms with Gasteiger partial charge in [0.25, 0.3) is 5.88 Å². The minimum atomic E-state index is -0.0394. The van der Waals surface area contributed by atoms with E-state index in [4.69, 9.17) is 9.26 Å². The van der Waals surface area contributed by atoms with Crippen molar-refractivity contribution in [2.75, 3.05) is 20.2 Å². The standard InChI is InChI=1S/C16H20N4O3/c1-22-15-9-14(23-19-15)13-4-7-20(8-5-13)16(21)18-11-12-3-2-6-17-10-12/h2-3,6,9-10,13H,4-5,7-8,11H2,1H3,(H,18,21). The maximum atomic E-state index is 12.2. The molecular formula is C16H20N4O3. The maximum Gasteiger partial charge on any atom is 0.317 e. The second-order valence-electron chi connectivity index (χ2n) is 5.55. The zero-order valence-electron chi connectivity index (χ0n) is 13.1. The predicted molar refractivity (Wildman–Crippen MR) is 83.1 cm³/mol. The second kappa shape index (κ2) is 7.13. The molecule has 2 aromatic heterocycles. The van der Waals surface area contributed by atoms with Gasteiger partial charge in [0.2, 0.25) is 0 Å². The van der Waals surface area contributed by atoms with Crippen LogP contribution in [0.15, 0.2) is 35.1 Å². The highest BCUT2D eigenvalue weighted by molar-refractivity contribution is 5.74. The average Bonchev–Trinajstić information content (AvgIpc) is 3.10. The highest BCUT2D eigenvalue weighted by Crippen LogP contribution is 2.29. The lowest BCUT2D eigenvalue weighted by molar-refractivity contribution is 0.175. The fourth-order valence-corrected chi connectivity index (χ4v) is 2.72. The Morgan fingerprint density at radius 2 is 2.30 bits per heavy atom. The Bertz CT molecular complexity index is 636. The number of nitrogens with zero attached hydrogens (tertiary/aromatic N) is 3. The minimum Gasteiger partial charge on any atom is -0.479 e. The van der Waals surface area contributed by atoms with Crippen LogP contribution in [0.25, 0.3) is 0 Å². The molecule has 0 radical (unpaired) electrons. The zero-order valence-corrected chi connectivity index (χ0v) is 13.1. The van der Waals surface area contributed by atoms with E-state index in [0.717, 1.165) is 24.2 Å². The molecule has 1 fully saturated rings. The smallest absolute Gasteiger partial charge is 0.317 e. The Labute approximate surface area is 134 Å². The number of piperidine rings is 1. The molecule has 0 aromatic carbocycles. The van der Waals surface area contributed by atoms with Crippen LogP contribution in [0.2, 0.25) is 0 Å². The van der Waals surface area contributed by atoms with Gasteiger partial charge in [-0.1, -0.05) is 6.07 Å². The van der Waals surface area contributed by atoms with Gasteiger partial charge < -0.3 is 19.5 Å². The molecule has 1 aliphatic rings. The van der Waals surface area contributed by atoms with Crippen molar-refractivity contribution in [3.8, 4) is 5.88 Å². The SMILES string of the molecule is COc1cc(C2CCN(C(=O)NCc3cccnc3)CC2)on1. The Morgan fingerprint density at radius 1 is 1.48 bits per heavy atom. The number of hydrogen-bond donors (Lipinski definition) is 1. The van der Waals surface area contributed by atoms with Gasteiger partial charge in [0.05, 0.1) is 7.11 Å². The molecule has 1 aliphatic heterocycles. The fourth-order valence-electron chi connectivity index (χ4n) is 2.72. The number of ether oxygens (including phenoxy) is 1. The largest absolute Gasteiger partial charge is 0.479 e. The van der Waals surface area contributed by atoms with Crippen LogP contribution in [-0.2, 0) is 6.54 Å². The Kier molecular flexibility index (Phi) is 4.75. The molecule has 0 aliphatic carbocycles. The first-order valence-electron chi connectivity index (χ1n) is 7.68. The minimum absolute atomic E-state index is 0.0394. The van der Waals surface area contributed by atoms with Crippen molar-refractivity contribution in [2.45, 2.75) is 25.3 Å². The van der Waals surface area contributed by atoms with Crippen LogP contribution in [0, 0.1) is 0 Å². The van der Waals surface area contributed by atoms with Gasteiger partial charge in [-0.2, -0.15) is 0 Å². The third-order valence-corrected chi connectivity index (χ3v) is 4.07. The molecule has 3 heterocycles. The topological polar surface area (TPSA) is 80.5 Å². The van der Waals surface area contributed by atoms with E-state index in [-0.39, 0.29) is 11.9 Å². The number of amides is 2. The van der Waals surface area contributed by atoms with Gasteiger partial charge in [0, 0.05) is 44.0 Å². The Morgan fingerprint density at radius 3 is 2.96 bits per heavy atom. The van der Waals surface area contributed by atoms with E-state index in [1.54, 1.807) is 19.5 Å². The van der Waals surface area contributed by atoms with Gasteiger partial charge in [-0.3, -0.25) is 4.98 Å². The van der Waals surface area contributed by atoms with E-state index in [0.29, 0.717) is 25.5 Å². The highest BCUT2D eigenvalue weighted by Gasteiger charge is 2.26. The average molecular weight is 316 g/mol. The van der Waals surface area contributed by atoms with Gasteiger partial charge in [-0.15, -0.1) is 0 Å².